The minimum atomic E-state index is -0.689. The highest BCUT2D eigenvalue weighted by atomic mass is 19.1. The topological polar surface area (TPSA) is 72.3 Å². The lowest BCUT2D eigenvalue weighted by atomic mass is 10.1. The van der Waals surface area contributed by atoms with Crippen LogP contribution in [0.2, 0.25) is 0 Å². The third kappa shape index (κ3) is 3.30. The van der Waals surface area contributed by atoms with E-state index in [1.807, 2.05) is 0 Å². The third-order valence-corrected chi connectivity index (χ3v) is 2.03. The number of rotatable bonds is 3. The SMILES string of the molecule is CN(N)C(=O)C(N)Cc1ccc(F)cc1. The van der Waals surface area contributed by atoms with Crippen LogP contribution in [0.25, 0.3) is 0 Å². The predicted molar refractivity (Wildman–Crippen MR) is 55.0 cm³/mol. The third-order valence-electron chi connectivity index (χ3n) is 2.03. The summed E-state index contributed by atoms with van der Waals surface area (Å²) in [6.45, 7) is 0. The quantitative estimate of drug-likeness (QED) is 0.421. The second-order valence-corrected chi connectivity index (χ2v) is 3.39. The summed E-state index contributed by atoms with van der Waals surface area (Å²) in [5, 5.41) is 0.953. The van der Waals surface area contributed by atoms with Gasteiger partial charge in [0.15, 0.2) is 0 Å². The maximum Gasteiger partial charge on any atom is 0.253 e. The first-order valence-corrected chi connectivity index (χ1v) is 4.53. The first-order chi connectivity index (χ1) is 7.00. The molecule has 0 aromatic heterocycles. The van der Waals surface area contributed by atoms with Crippen LogP contribution in [0.5, 0.6) is 0 Å². The molecule has 0 aliphatic rings. The van der Waals surface area contributed by atoms with Crippen molar-refractivity contribution in [2.45, 2.75) is 12.5 Å². The van der Waals surface area contributed by atoms with Gasteiger partial charge < -0.3 is 5.73 Å². The standard InChI is InChI=1S/C10H14FN3O/c1-14(13)10(15)9(12)6-7-2-4-8(11)5-3-7/h2-5,9H,6,12-13H2,1H3. The van der Waals surface area contributed by atoms with Crippen molar-refractivity contribution in [3.63, 3.8) is 0 Å². The summed E-state index contributed by atoms with van der Waals surface area (Å²) in [4.78, 5) is 11.3. The summed E-state index contributed by atoms with van der Waals surface area (Å²) >= 11 is 0. The number of hydrogen-bond acceptors (Lipinski definition) is 3. The zero-order valence-corrected chi connectivity index (χ0v) is 8.48. The van der Waals surface area contributed by atoms with E-state index in [-0.39, 0.29) is 11.7 Å². The Kier molecular flexibility index (Phi) is 3.76. The molecule has 4 nitrogen and oxygen atoms in total. The van der Waals surface area contributed by atoms with Crippen molar-refractivity contribution in [2.24, 2.45) is 11.6 Å². The highest BCUT2D eigenvalue weighted by Gasteiger charge is 2.16. The monoisotopic (exact) mass is 211 g/mol. The van der Waals surface area contributed by atoms with Gasteiger partial charge in [-0.05, 0) is 24.1 Å². The molecular weight excluding hydrogens is 197 g/mol. The van der Waals surface area contributed by atoms with Crippen LogP contribution in [0.4, 0.5) is 4.39 Å². The van der Waals surface area contributed by atoms with E-state index in [1.54, 1.807) is 12.1 Å². The number of carbonyl (C=O) groups excluding carboxylic acids is 1. The zero-order valence-electron chi connectivity index (χ0n) is 8.48. The van der Waals surface area contributed by atoms with Gasteiger partial charge in [0.25, 0.3) is 5.91 Å². The normalized spacial score (nSPS) is 12.3. The lowest BCUT2D eigenvalue weighted by molar-refractivity contribution is -0.131. The molecule has 1 atom stereocenters. The van der Waals surface area contributed by atoms with Gasteiger partial charge in [-0.3, -0.25) is 9.80 Å². The number of hydrogen-bond donors (Lipinski definition) is 2. The fraction of sp³-hybridized carbons (Fsp3) is 0.300. The van der Waals surface area contributed by atoms with Gasteiger partial charge in [-0.1, -0.05) is 12.1 Å². The van der Waals surface area contributed by atoms with Crippen molar-refractivity contribution in [3.8, 4) is 0 Å². The van der Waals surface area contributed by atoms with Crippen molar-refractivity contribution >= 4 is 5.91 Å². The molecule has 0 aliphatic heterocycles. The Morgan fingerprint density at radius 1 is 1.47 bits per heavy atom. The maximum atomic E-state index is 12.6. The molecule has 1 rings (SSSR count). The fourth-order valence-electron chi connectivity index (χ4n) is 1.22. The molecule has 1 aromatic carbocycles. The van der Waals surface area contributed by atoms with Gasteiger partial charge in [-0.2, -0.15) is 0 Å². The molecule has 0 fully saturated rings. The number of benzene rings is 1. The predicted octanol–water partition coefficient (Wildman–Crippen LogP) is 0.0276. The molecule has 1 amide bonds. The summed E-state index contributed by atoms with van der Waals surface area (Å²) in [7, 11) is 1.44. The molecule has 0 heterocycles. The Morgan fingerprint density at radius 3 is 2.47 bits per heavy atom. The van der Waals surface area contributed by atoms with Crippen LogP contribution in [0.3, 0.4) is 0 Å². The fourth-order valence-corrected chi connectivity index (χ4v) is 1.22. The number of halogens is 1. The van der Waals surface area contributed by atoms with Crippen molar-refractivity contribution in [3.05, 3.63) is 35.6 Å². The largest absolute Gasteiger partial charge is 0.320 e. The average molecular weight is 211 g/mol. The van der Waals surface area contributed by atoms with E-state index in [2.05, 4.69) is 0 Å². The molecule has 0 radical (unpaired) electrons. The maximum absolute atomic E-state index is 12.6. The summed E-state index contributed by atoms with van der Waals surface area (Å²) < 4.78 is 12.6. The van der Waals surface area contributed by atoms with Crippen molar-refractivity contribution in [1.29, 1.82) is 0 Å². The molecule has 15 heavy (non-hydrogen) atoms. The number of nitrogens with two attached hydrogens (primary N) is 2. The van der Waals surface area contributed by atoms with Gasteiger partial charge in [0, 0.05) is 7.05 Å². The van der Waals surface area contributed by atoms with Crippen LogP contribution in [-0.4, -0.2) is 24.0 Å². The lowest BCUT2D eigenvalue weighted by Crippen LogP contribution is -2.46. The number of hydrazine groups is 1. The van der Waals surface area contributed by atoms with Gasteiger partial charge in [-0.15, -0.1) is 0 Å². The molecule has 0 saturated heterocycles. The summed E-state index contributed by atoms with van der Waals surface area (Å²) in [5.41, 5.74) is 6.43. The van der Waals surface area contributed by atoms with Crippen molar-refractivity contribution < 1.29 is 9.18 Å². The molecule has 0 bridgehead atoms. The van der Waals surface area contributed by atoms with Gasteiger partial charge in [-0.25, -0.2) is 10.2 Å². The van der Waals surface area contributed by atoms with E-state index in [4.69, 9.17) is 11.6 Å². The van der Waals surface area contributed by atoms with Crippen LogP contribution in [0.15, 0.2) is 24.3 Å². The molecule has 0 saturated carbocycles. The number of likely N-dealkylation sites (N-methyl/N-ethyl adjacent to an activating group) is 1. The Balaban J connectivity index is 2.62. The van der Waals surface area contributed by atoms with Gasteiger partial charge in [0.05, 0.1) is 6.04 Å². The van der Waals surface area contributed by atoms with Crippen LogP contribution in [0.1, 0.15) is 5.56 Å². The molecule has 1 unspecified atom stereocenters. The molecular formula is C10H14FN3O. The van der Waals surface area contributed by atoms with Gasteiger partial charge in [0.1, 0.15) is 5.82 Å². The van der Waals surface area contributed by atoms with Crippen LogP contribution < -0.4 is 11.6 Å². The first kappa shape index (κ1) is 11.6. The van der Waals surface area contributed by atoms with Crippen molar-refractivity contribution in [1.82, 2.24) is 5.01 Å². The molecule has 5 heteroatoms. The smallest absolute Gasteiger partial charge is 0.253 e. The minimum absolute atomic E-state index is 0.311. The van der Waals surface area contributed by atoms with E-state index in [0.717, 1.165) is 10.6 Å². The van der Waals surface area contributed by atoms with Crippen LogP contribution in [-0.2, 0) is 11.2 Å². The molecule has 1 aromatic rings. The van der Waals surface area contributed by atoms with Crippen molar-refractivity contribution in [2.75, 3.05) is 7.05 Å². The average Bonchev–Trinajstić information content (AvgIpc) is 2.20. The molecule has 4 N–H and O–H groups in total. The Bertz CT molecular complexity index is 337. The number of carbonyl (C=O) groups is 1. The van der Waals surface area contributed by atoms with Crippen LogP contribution in [0, 0.1) is 5.82 Å². The Labute approximate surface area is 87.6 Å². The molecule has 0 aliphatic carbocycles. The number of amides is 1. The minimum Gasteiger partial charge on any atom is -0.320 e. The Morgan fingerprint density at radius 2 is 2.00 bits per heavy atom. The summed E-state index contributed by atoms with van der Waals surface area (Å²) in [5.74, 6) is 4.60. The highest BCUT2D eigenvalue weighted by molar-refractivity contribution is 5.81. The summed E-state index contributed by atoms with van der Waals surface area (Å²) in [6.07, 6.45) is 0.348. The van der Waals surface area contributed by atoms with E-state index in [1.165, 1.54) is 19.2 Å². The van der Waals surface area contributed by atoms with E-state index in [0.29, 0.717) is 6.42 Å². The zero-order chi connectivity index (χ0) is 11.4. The second-order valence-electron chi connectivity index (χ2n) is 3.39. The molecule has 0 spiro atoms. The van der Waals surface area contributed by atoms with Crippen LogP contribution >= 0.6 is 0 Å². The van der Waals surface area contributed by atoms with Gasteiger partial charge >= 0.3 is 0 Å². The molecule has 82 valence electrons. The Hall–Kier alpha value is -1.46. The highest BCUT2D eigenvalue weighted by Crippen LogP contribution is 2.05. The first-order valence-electron chi connectivity index (χ1n) is 4.53. The lowest BCUT2D eigenvalue weighted by Gasteiger charge is -2.16. The summed E-state index contributed by atoms with van der Waals surface area (Å²) in [6, 6.07) is 5.17. The van der Waals surface area contributed by atoms with E-state index >= 15 is 0 Å². The van der Waals surface area contributed by atoms with E-state index in [9.17, 15) is 9.18 Å². The van der Waals surface area contributed by atoms with E-state index < -0.39 is 6.04 Å². The van der Waals surface area contributed by atoms with Gasteiger partial charge in [0.2, 0.25) is 0 Å². The number of nitrogens with zero attached hydrogens (tertiary/aromatic N) is 1. The second kappa shape index (κ2) is 4.86.